The Labute approximate surface area is 97.5 Å². The Kier molecular flexibility index (Phi) is 2.88. The summed E-state index contributed by atoms with van der Waals surface area (Å²) in [6.07, 6.45) is 9.21. The van der Waals surface area contributed by atoms with Gasteiger partial charge in [0, 0.05) is 17.9 Å². The molecular weight excluding hydrogens is 200 g/mol. The molecular formula is C13H22N2O. The number of piperidine rings is 1. The zero-order chi connectivity index (χ0) is 11.0. The van der Waals surface area contributed by atoms with Crippen molar-refractivity contribution in [2.45, 2.75) is 51.0 Å². The Morgan fingerprint density at radius 2 is 1.75 bits per heavy atom. The van der Waals surface area contributed by atoms with Gasteiger partial charge in [-0.05, 0) is 51.6 Å². The molecule has 2 aliphatic carbocycles. The summed E-state index contributed by atoms with van der Waals surface area (Å²) in [5, 5.41) is 12.8. The molecule has 0 unspecified atom stereocenters. The first-order chi connectivity index (χ1) is 7.90. The van der Waals surface area contributed by atoms with Crippen molar-refractivity contribution in [2.75, 3.05) is 13.1 Å². The van der Waals surface area contributed by atoms with Gasteiger partial charge in [0.15, 0.2) is 0 Å². The maximum Gasteiger partial charge on any atom is 0.0648 e. The second-order valence-corrected chi connectivity index (χ2v) is 5.65. The number of hydrogen-bond donors (Lipinski definition) is 1. The second kappa shape index (κ2) is 4.36. The van der Waals surface area contributed by atoms with Crippen LogP contribution in [-0.2, 0) is 0 Å². The van der Waals surface area contributed by atoms with Crippen molar-refractivity contribution in [2.24, 2.45) is 17.0 Å². The molecule has 1 heterocycles. The van der Waals surface area contributed by atoms with Crippen molar-refractivity contribution < 1.29 is 5.21 Å². The van der Waals surface area contributed by atoms with Crippen LogP contribution in [0.25, 0.3) is 0 Å². The standard InChI is InChI=1S/C13H22N2O/c16-14-13-10-4-6-11(13)12(7-5-10)15-8-2-1-3-9-15/h10-12,16H,1-9H2/t10-,11-,12-/m0/s1. The van der Waals surface area contributed by atoms with Crippen LogP contribution in [0.15, 0.2) is 5.16 Å². The van der Waals surface area contributed by atoms with Crippen LogP contribution in [0.1, 0.15) is 44.9 Å². The van der Waals surface area contributed by atoms with Crippen molar-refractivity contribution in [1.29, 1.82) is 0 Å². The van der Waals surface area contributed by atoms with Crippen LogP contribution in [0.2, 0.25) is 0 Å². The average Bonchev–Trinajstić information content (AvgIpc) is 2.63. The van der Waals surface area contributed by atoms with Gasteiger partial charge < -0.3 is 5.21 Å². The van der Waals surface area contributed by atoms with Crippen LogP contribution in [-0.4, -0.2) is 35.0 Å². The molecule has 0 aromatic carbocycles. The summed E-state index contributed by atoms with van der Waals surface area (Å²) in [5.74, 6) is 1.18. The molecule has 3 aliphatic rings. The number of fused-ring (bicyclic) bond motifs is 2. The summed E-state index contributed by atoms with van der Waals surface area (Å²) in [6, 6.07) is 0.685. The Bertz CT molecular complexity index is 284. The van der Waals surface area contributed by atoms with Gasteiger partial charge in [0.25, 0.3) is 0 Å². The van der Waals surface area contributed by atoms with Crippen LogP contribution in [0.4, 0.5) is 0 Å². The maximum atomic E-state index is 9.16. The first-order valence-corrected chi connectivity index (χ1v) is 6.86. The smallest absolute Gasteiger partial charge is 0.0648 e. The Morgan fingerprint density at radius 3 is 2.50 bits per heavy atom. The lowest BCUT2D eigenvalue weighted by molar-refractivity contribution is 0.123. The van der Waals surface area contributed by atoms with Crippen LogP contribution < -0.4 is 0 Å². The summed E-state index contributed by atoms with van der Waals surface area (Å²) >= 11 is 0. The largest absolute Gasteiger partial charge is 0.411 e. The van der Waals surface area contributed by atoms with Gasteiger partial charge in [-0.25, -0.2) is 0 Å². The molecule has 0 radical (unpaired) electrons. The molecule has 3 rings (SSSR count). The van der Waals surface area contributed by atoms with Crippen LogP contribution in [0.3, 0.4) is 0 Å². The van der Waals surface area contributed by atoms with E-state index in [1.807, 2.05) is 0 Å². The van der Waals surface area contributed by atoms with E-state index in [9.17, 15) is 0 Å². The topological polar surface area (TPSA) is 35.8 Å². The fraction of sp³-hybridized carbons (Fsp3) is 0.923. The molecule has 3 nitrogen and oxygen atoms in total. The quantitative estimate of drug-likeness (QED) is 0.546. The van der Waals surface area contributed by atoms with Crippen LogP contribution in [0, 0.1) is 11.8 Å². The highest BCUT2D eigenvalue weighted by Gasteiger charge is 2.44. The summed E-state index contributed by atoms with van der Waals surface area (Å²) in [4.78, 5) is 2.67. The van der Waals surface area contributed by atoms with Gasteiger partial charge in [-0.1, -0.05) is 11.6 Å². The summed E-state index contributed by atoms with van der Waals surface area (Å²) in [6.45, 7) is 2.54. The first-order valence-electron chi connectivity index (χ1n) is 6.86. The molecule has 3 fully saturated rings. The highest BCUT2D eigenvalue weighted by Crippen LogP contribution is 2.42. The molecule has 2 saturated carbocycles. The highest BCUT2D eigenvalue weighted by molar-refractivity contribution is 5.91. The number of nitrogens with zero attached hydrogens (tertiary/aromatic N) is 2. The van der Waals surface area contributed by atoms with E-state index in [4.69, 9.17) is 5.21 Å². The van der Waals surface area contributed by atoms with Crippen molar-refractivity contribution in [1.82, 2.24) is 4.90 Å². The minimum atomic E-state index is 0.571. The van der Waals surface area contributed by atoms with Crippen LogP contribution >= 0.6 is 0 Å². The molecule has 0 spiro atoms. The summed E-state index contributed by atoms with van der Waals surface area (Å²) < 4.78 is 0. The third kappa shape index (κ3) is 1.65. The number of rotatable bonds is 1. The highest BCUT2D eigenvalue weighted by atomic mass is 16.4. The molecule has 90 valence electrons. The molecule has 1 saturated heterocycles. The maximum absolute atomic E-state index is 9.16. The summed E-state index contributed by atoms with van der Waals surface area (Å²) in [7, 11) is 0. The van der Waals surface area contributed by atoms with Gasteiger partial charge in [-0.15, -0.1) is 0 Å². The Hall–Kier alpha value is -0.570. The van der Waals surface area contributed by atoms with E-state index >= 15 is 0 Å². The molecule has 1 N–H and O–H groups in total. The lowest BCUT2D eigenvalue weighted by Crippen LogP contribution is -2.47. The van der Waals surface area contributed by atoms with Crippen molar-refractivity contribution in [3.63, 3.8) is 0 Å². The average molecular weight is 222 g/mol. The van der Waals surface area contributed by atoms with E-state index in [0.717, 1.165) is 5.71 Å². The molecule has 1 aliphatic heterocycles. The second-order valence-electron chi connectivity index (χ2n) is 5.65. The zero-order valence-corrected chi connectivity index (χ0v) is 9.94. The summed E-state index contributed by atoms with van der Waals surface area (Å²) in [5.41, 5.74) is 1.13. The van der Waals surface area contributed by atoms with Crippen molar-refractivity contribution in [3.8, 4) is 0 Å². The van der Waals surface area contributed by atoms with Crippen LogP contribution in [0.5, 0.6) is 0 Å². The van der Waals surface area contributed by atoms with Gasteiger partial charge in [-0.2, -0.15) is 0 Å². The zero-order valence-electron chi connectivity index (χ0n) is 9.94. The number of oxime groups is 1. The van der Waals surface area contributed by atoms with E-state index < -0.39 is 0 Å². The van der Waals surface area contributed by atoms with Crippen molar-refractivity contribution >= 4 is 5.71 Å². The fourth-order valence-corrected chi connectivity index (χ4v) is 4.08. The number of hydrogen-bond acceptors (Lipinski definition) is 3. The van der Waals surface area contributed by atoms with Gasteiger partial charge in [0.05, 0.1) is 5.71 Å². The first kappa shape index (κ1) is 10.6. The van der Waals surface area contributed by atoms with E-state index in [1.54, 1.807) is 0 Å². The fourth-order valence-electron chi connectivity index (χ4n) is 4.08. The molecule has 2 bridgehead atoms. The monoisotopic (exact) mass is 222 g/mol. The van der Waals surface area contributed by atoms with E-state index in [1.165, 1.54) is 58.0 Å². The molecule has 0 amide bonds. The molecule has 16 heavy (non-hydrogen) atoms. The normalized spacial score (nSPS) is 42.8. The Balaban J connectivity index is 1.75. The van der Waals surface area contributed by atoms with E-state index in [-0.39, 0.29) is 0 Å². The molecule has 3 atom stereocenters. The molecule has 0 aromatic heterocycles. The molecule has 3 heteroatoms. The van der Waals surface area contributed by atoms with E-state index in [2.05, 4.69) is 10.1 Å². The lowest BCUT2D eigenvalue weighted by atomic mass is 9.81. The molecule has 0 aromatic rings. The SMILES string of the molecule is ON=C1[C@H]2CC[C@H]1[C@@H](N1CCCCC1)CC2. The minimum Gasteiger partial charge on any atom is -0.411 e. The minimum absolute atomic E-state index is 0.571. The van der Waals surface area contributed by atoms with Gasteiger partial charge in [-0.3, -0.25) is 4.90 Å². The number of likely N-dealkylation sites (tertiary alicyclic amines) is 1. The van der Waals surface area contributed by atoms with Gasteiger partial charge >= 0.3 is 0 Å². The Morgan fingerprint density at radius 1 is 1.00 bits per heavy atom. The van der Waals surface area contributed by atoms with E-state index in [0.29, 0.717) is 17.9 Å². The lowest BCUT2D eigenvalue weighted by Gasteiger charge is -2.40. The van der Waals surface area contributed by atoms with Gasteiger partial charge in [0.1, 0.15) is 0 Å². The third-order valence-corrected chi connectivity index (χ3v) is 4.87. The predicted molar refractivity (Wildman–Crippen MR) is 63.9 cm³/mol. The van der Waals surface area contributed by atoms with Gasteiger partial charge in [0.2, 0.25) is 0 Å². The van der Waals surface area contributed by atoms with Crippen molar-refractivity contribution in [3.05, 3.63) is 0 Å². The third-order valence-electron chi connectivity index (χ3n) is 4.87. The predicted octanol–water partition coefficient (Wildman–Crippen LogP) is 2.49.